The van der Waals surface area contributed by atoms with Crippen LogP contribution >= 0.6 is 0 Å². The molecule has 10 heteroatoms. The number of hydrogen-bond acceptors (Lipinski definition) is 7. The van der Waals surface area contributed by atoms with E-state index in [4.69, 9.17) is 0 Å². The number of rotatable bonds is 5. The summed E-state index contributed by atoms with van der Waals surface area (Å²) >= 11 is 0. The highest BCUT2D eigenvalue weighted by Crippen LogP contribution is 2.36. The largest absolute Gasteiger partial charge is 0.366 e. The zero-order valence-corrected chi connectivity index (χ0v) is 16.0. The number of H-pyrrole nitrogens is 1. The molecule has 9 nitrogen and oxygen atoms in total. The van der Waals surface area contributed by atoms with Gasteiger partial charge in [-0.2, -0.15) is 8.42 Å². The molecule has 1 aliphatic carbocycles. The van der Waals surface area contributed by atoms with Crippen LogP contribution in [0.1, 0.15) is 63.9 Å². The van der Waals surface area contributed by atoms with Crippen LogP contribution in [0.4, 0.5) is 5.82 Å². The van der Waals surface area contributed by atoms with E-state index in [2.05, 4.69) is 20.3 Å². The summed E-state index contributed by atoms with van der Waals surface area (Å²) in [5, 5.41) is 3.25. The highest BCUT2D eigenvalue weighted by Gasteiger charge is 2.53. The maximum atomic E-state index is 12.2. The molecule has 0 saturated heterocycles. The summed E-state index contributed by atoms with van der Waals surface area (Å²) in [5.41, 5.74) is 0.545. The van der Waals surface area contributed by atoms with E-state index in [0.29, 0.717) is 17.3 Å². The van der Waals surface area contributed by atoms with Crippen molar-refractivity contribution >= 4 is 28.1 Å². The number of aromatic nitrogens is 2. The predicted molar refractivity (Wildman–Crippen MR) is 98.0 cm³/mol. The van der Waals surface area contributed by atoms with Crippen LogP contribution in [0.15, 0.2) is 4.99 Å². The van der Waals surface area contributed by atoms with Gasteiger partial charge in [-0.25, -0.2) is 9.98 Å². The number of carbonyl (C=O) groups is 1. The second-order valence-electron chi connectivity index (χ2n) is 7.06. The van der Waals surface area contributed by atoms with Gasteiger partial charge in [0.2, 0.25) is 0 Å². The van der Waals surface area contributed by atoms with E-state index >= 15 is 0 Å². The van der Waals surface area contributed by atoms with E-state index in [1.165, 1.54) is 4.90 Å². The van der Waals surface area contributed by atoms with Gasteiger partial charge in [-0.05, 0) is 19.8 Å². The first-order valence-corrected chi connectivity index (χ1v) is 10.3. The van der Waals surface area contributed by atoms with Crippen LogP contribution in [0.3, 0.4) is 0 Å². The maximum Gasteiger partial charge on any atom is 0.320 e. The van der Waals surface area contributed by atoms with Gasteiger partial charge >= 0.3 is 15.1 Å². The molecule has 0 radical (unpaired) electrons. The molecular formula is C16H25N5O4S. The van der Waals surface area contributed by atoms with Gasteiger partial charge in [-0.3, -0.25) is 9.35 Å². The van der Waals surface area contributed by atoms with Crippen molar-refractivity contribution in [1.29, 1.82) is 0 Å². The number of nitrogens with zero attached hydrogens (tertiary/aromatic N) is 3. The molecule has 1 saturated carbocycles. The van der Waals surface area contributed by atoms with Gasteiger partial charge in [0, 0.05) is 18.5 Å². The van der Waals surface area contributed by atoms with Crippen LogP contribution in [0, 0.1) is 0 Å². The van der Waals surface area contributed by atoms with Crippen molar-refractivity contribution in [3.8, 4) is 0 Å². The number of amidine groups is 1. The summed E-state index contributed by atoms with van der Waals surface area (Å²) in [7, 11) is -4.84. The van der Waals surface area contributed by atoms with Gasteiger partial charge in [-0.15, -0.1) is 0 Å². The molecular weight excluding hydrogens is 358 g/mol. The minimum absolute atomic E-state index is 0.0726. The number of carbonyl (C=O) groups excluding carboxylic acids is 1. The number of hydrogen-bond donors (Lipinski definition) is 3. The molecule has 144 valence electrons. The summed E-state index contributed by atoms with van der Waals surface area (Å²) < 4.78 is 34.1. The Hall–Kier alpha value is -1.94. The lowest BCUT2D eigenvalue weighted by atomic mass is 10.2. The summed E-state index contributed by atoms with van der Waals surface area (Å²) in [6.07, 6.45) is 4.20. The average molecular weight is 383 g/mol. The van der Waals surface area contributed by atoms with E-state index < -0.39 is 15.1 Å². The second kappa shape index (κ2) is 6.66. The first-order valence-electron chi connectivity index (χ1n) is 8.91. The Balaban J connectivity index is 2.19. The van der Waals surface area contributed by atoms with E-state index in [0.717, 1.165) is 25.7 Å². The minimum Gasteiger partial charge on any atom is -0.366 e. The number of imidazole rings is 1. The molecule has 1 aliphatic heterocycles. The summed E-state index contributed by atoms with van der Waals surface area (Å²) in [6.45, 7) is 5.73. The normalized spacial score (nSPS) is 23.9. The van der Waals surface area contributed by atoms with Crippen LogP contribution in [0.25, 0.3) is 0 Å². The highest BCUT2D eigenvalue weighted by molar-refractivity contribution is 7.88. The minimum atomic E-state index is -4.84. The Morgan fingerprint density at radius 3 is 2.58 bits per heavy atom. The van der Waals surface area contributed by atoms with Crippen molar-refractivity contribution in [2.24, 2.45) is 4.99 Å². The second-order valence-corrected chi connectivity index (χ2v) is 8.61. The molecule has 0 spiro atoms. The van der Waals surface area contributed by atoms with Crippen molar-refractivity contribution in [2.45, 2.75) is 63.4 Å². The van der Waals surface area contributed by atoms with Crippen LogP contribution in [-0.4, -0.2) is 52.6 Å². The summed E-state index contributed by atoms with van der Waals surface area (Å²) in [4.78, 5) is 22.5. The summed E-state index contributed by atoms with van der Waals surface area (Å²) in [5.74, 6) is 1.28. The molecule has 1 unspecified atom stereocenters. The molecule has 0 aromatic carbocycles. The van der Waals surface area contributed by atoms with E-state index in [1.807, 2.05) is 13.8 Å². The highest BCUT2D eigenvalue weighted by atomic mass is 32.2. The lowest BCUT2D eigenvalue weighted by Crippen LogP contribution is -2.59. The quantitative estimate of drug-likeness (QED) is 0.518. The molecule has 0 amide bonds. The SMILES string of the molecule is CCN1c2nc(C(C)C)[nH]c2C(NC2CCCC2)=NC1(C=O)S(=O)(=O)O. The molecule has 0 bridgehead atoms. The third-order valence-corrected chi connectivity index (χ3v) is 6.11. The van der Waals surface area contributed by atoms with Gasteiger partial charge in [0.15, 0.2) is 17.9 Å². The Labute approximate surface area is 153 Å². The molecule has 2 aliphatic rings. The fourth-order valence-corrected chi connectivity index (χ4v) is 4.36. The number of aliphatic imine (C=N–C) groups is 1. The smallest absolute Gasteiger partial charge is 0.320 e. The maximum absolute atomic E-state index is 12.2. The van der Waals surface area contributed by atoms with E-state index in [1.54, 1.807) is 6.92 Å². The van der Waals surface area contributed by atoms with Crippen LogP contribution in [0.2, 0.25) is 0 Å². The zero-order valence-electron chi connectivity index (χ0n) is 15.2. The number of nitrogens with one attached hydrogen (secondary N) is 2. The number of aromatic amines is 1. The fraction of sp³-hybridized carbons (Fsp3) is 0.688. The van der Waals surface area contributed by atoms with Crippen molar-refractivity contribution < 1.29 is 17.8 Å². The first kappa shape index (κ1) is 18.8. The van der Waals surface area contributed by atoms with Gasteiger partial charge in [0.25, 0.3) is 0 Å². The van der Waals surface area contributed by atoms with Gasteiger partial charge in [-0.1, -0.05) is 26.7 Å². The third-order valence-electron chi connectivity index (χ3n) is 4.95. The molecule has 2 heterocycles. The van der Waals surface area contributed by atoms with E-state index in [-0.39, 0.29) is 30.6 Å². The van der Waals surface area contributed by atoms with Gasteiger partial charge in [0.1, 0.15) is 11.5 Å². The lowest BCUT2D eigenvalue weighted by Gasteiger charge is -2.38. The molecule has 3 N–H and O–H groups in total. The molecule has 1 fully saturated rings. The number of aldehydes is 1. The fourth-order valence-electron chi connectivity index (χ4n) is 3.54. The van der Waals surface area contributed by atoms with E-state index in [9.17, 15) is 17.8 Å². The number of likely N-dealkylation sites (N-methyl/N-ethyl adjacent to an activating group) is 1. The van der Waals surface area contributed by atoms with Gasteiger partial charge < -0.3 is 15.2 Å². The zero-order chi connectivity index (χ0) is 19.1. The van der Waals surface area contributed by atoms with Crippen LogP contribution < -0.4 is 10.2 Å². The first-order chi connectivity index (χ1) is 12.2. The topological polar surface area (TPSA) is 128 Å². The number of fused-ring (bicyclic) bond motifs is 1. The molecule has 3 rings (SSSR count). The standard InChI is InChI=1S/C16H25N5O4S/c1-4-21-15-12(18-13(19-15)10(2)3)14(17-11-7-5-6-8-11)20-16(21,9-22)26(23,24)25/h9-11H,4-8H2,1-3H3,(H,17,20)(H,18,19)(H,23,24,25). The Kier molecular flexibility index (Phi) is 4.82. The Morgan fingerprint density at radius 1 is 1.42 bits per heavy atom. The Bertz CT molecular complexity index is 826. The third kappa shape index (κ3) is 2.90. The van der Waals surface area contributed by atoms with Crippen molar-refractivity contribution in [3.05, 3.63) is 11.5 Å². The van der Waals surface area contributed by atoms with Crippen molar-refractivity contribution in [3.63, 3.8) is 0 Å². The van der Waals surface area contributed by atoms with Crippen LogP contribution in [0.5, 0.6) is 0 Å². The molecule has 1 aromatic heterocycles. The van der Waals surface area contributed by atoms with Gasteiger partial charge in [0.05, 0.1) is 0 Å². The van der Waals surface area contributed by atoms with Crippen LogP contribution in [-0.2, 0) is 14.9 Å². The molecule has 1 aromatic rings. The van der Waals surface area contributed by atoms with Crippen molar-refractivity contribution in [1.82, 2.24) is 15.3 Å². The van der Waals surface area contributed by atoms with Crippen molar-refractivity contribution in [2.75, 3.05) is 11.4 Å². The number of anilines is 1. The summed E-state index contributed by atoms with van der Waals surface area (Å²) in [6, 6.07) is 0.145. The Morgan fingerprint density at radius 2 is 2.08 bits per heavy atom. The molecule has 26 heavy (non-hydrogen) atoms. The lowest BCUT2D eigenvalue weighted by molar-refractivity contribution is -0.110. The monoisotopic (exact) mass is 383 g/mol. The average Bonchev–Trinajstić information content (AvgIpc) is 3.22. The molecule has 1 atom stereocenters. The predicted octanol–water partition coefficient (Wildman–Crippen LogP) is 1.39.